The van der Waals surface area contributed by atoms with Gasteiger partial charge in [-0.1, -0.05) is 0 Å². The number of amides is 1. The standard InChI is InChI=1S/C14H19N3O6S2/c18-13(17-1-4-23-9-12(17)14(19)20)11-7-10(8-15-11)25(21,22)16-2-5-24-6-3-16/h7-8,12,15H,1-6,9H2,(H,19,20). The van der Waals surface area contributed by atoms with Crippen LogP contribution in [0.3, 0.4) is 0 Å². The highest BCUT2D eigenvalue weighted by Crippen LogP contribution is 2.22. The SMILES string of the molecule is O=C(O)C1COCCN1C(=O)c1cc(S(=O)(=O)N2CCSCC2)c[nH]1. The number of sulfonamides is 1. The molecule has 0 aromatic carbocycles. The molecular weight excluding hydrogens is 370 g/mol. The zero-order valence-electron chi connectivity index (χ0n) is 13.4. The van der Waals surface area contributed by atoms with Crippen LogP contribution in [0.2, 0.25) is 0 Å². The summed E-state index contributed by atoms with van der Waals surface area (Å²) in [5, 5.41) is 9.22. The molecule has 2 aliphatic rings. The number of hydrogen-bond acceptors (Lipinski definition) is 6. The van der Waals surface area contributed by atoms with Gasteiger partial charge in [-0.3, -0.25) is 4.79 Å². The molecular formula is C14H19N3O6S2. The Morgan fingerprint density at radius 1 is 1.28 bits per heavy atom. The first kappa shape index (κ1) is 18.2. The predicted molar refractivity (Wildman–Crippen MR) is 90.2 cm³/mol. The summed E-state index contributed by atoms with van der Waals surface area (Å²) in [4.78, 5) is 27.8. The van der Waals surface area contributed by atoms with Crippen LogP contribution >= 0.6 is 11.8 Å². The topological polar surface area (TPSA) is 120 Å². The van der Waals surface area contributed by atoms with Crippen molar-refractivity contribution in [3.8, 4) is 0 Å². The van der Waals surface area contributed by atoms with Crippen LogP contribution in [0, 0.1) is 0 Å². The van der Waals surface area contributed by atoms with Crippen molar-refractivity contribution in [1.82, 2.24) is 14.2 Å². The predicted octanol–water partition coefficient (Wildman–Crippen LogP) is -0.322. The molecule has 0 bridgehead atoms. The highest BCUT2D eigenvalue weighted by atomic mass is 32.2. The lowest BCUT2D eigenvalue weighted by atomic mass is 10.2. The number of morpholine rings is 1. The zero-order valence-corrected chi connectivity index (χ0v) is 15.0. The third-order valence-corrected chi connectivity index (χ3v) is 6.99. The van der Waals surface area contributed by atoms with Crippen molar-refractivity contribution in [2.45, 2.75) is 10.9 Å². The van der Waals surface area contributed by atoms with E-state index in [0.29, 0.717) is 13.1 Å². The maximum absolute atomic E-state index is 12.6. The van der Waals surface area contributed by atoms with Crippen LogP contribution in [-0.4, -0.2) is 90.0 Å². The molecule has 2 N–H and O–H groups in total. The summed E-state index contributed by atoms with van der Waals surface area (Å²) in [5.74, 6) is -0.225. The Balaban J connectivity index is 1.80. The summed E-state index contributed by atoms with van der Waals surface area (Å²) in [5.41, 5.74) is 0.0538. The third-order valence-electron chi connectivity index (χ3n) is 4.17. The number of nitrogens with one attached hydrogen (secondary N) is 1. The number of aromatic amines is 1. The molecule has 3 heterocycles. The first-order chi connectivity index (χ1) is 11.9. The van der Waals surface area contributed by atoms with Gasteiger partial charge in [0.25, 0.3) is 5.91 Å². The average molecular weight is 389 g/mol. The van der Waals surface area contributed by atoms with Crippen LogP contribution in [0.1, 0.15) is 10.5 Å². The number of carboxylic acids is 1. The second-order valence-corrected chi connectivity index (χ2v) is 8.86. The van der Waals surface area contributed by atoms with E-state index in [4.69, 9.17) is 4.74 Å². The van der Waals surface area contributed by atoms with E-state index in [2.05, 4.69) is 4.98 Å². The van der Waals surface area contributed by atoms with Gasteiger partial charge in [-0.2, -0.15) is 16.1 Å². The van der Waals surface area contributed by atoms with Crippen molar-refractivity contribution < 1.29 is 27.9 Å². The highest BCUT2D eigenvalue weighted by molar-refractivity contribution is 7.99. The lowest BCUT2D eigenvalue weighted by Gasteiger charge is -2.32. The number of hydrogen-bond donors (Lipinski definition) is 2. The summed E-state index contributed by atoms with van der Waals surface area (Å²) >= 11 is 1.70. The van der Waals surface area contributed by atoms with Gasteiger partial charge in [0.2, 0.25) is 10.0 Å². The Morgan fingerprint density at radius 2 is 2.00 bits per heavy atom. The van der Waals surface area contributed by atoms with Gasteiger partial charge in [0.15, 0.2) is 6.04 Å². The maximum Gasteiger partial charge on any atom is 0.328 e. The molecule has 0 radical (unpaired) electrons. The Labute approximate surface area is 149 Å². The molecule has 1 atom stereocenters. The maximum atomic E-state index is 12.6. The van der Waals surface area contributed by atoms with Gasteiger partial charge in [-0.15, -0.1) is 0 Å². The number of nitrogens with zero attached hydrogens (tertiary/aromatic N) is 2. The fraction of sp³-hybridized carbons (Fsp3) is 0.571. The largest absolute Gasteiger partial charge is 0.480 e. The molecule has 1 aromatic rings. The zero-order chi connectivity index (χ0) is 18.0. The van der Waals surface area contributed by atoms with E-state index in [0.717, 1.165) is 11.5 Å². The summed E-state index contributed by atoms with van der Waals surface area (Å²) in [6.07, 6.45) is 1.28. The molecule has 2 saturated heterocycles. The summed E-state index contributed by atoms with van der Waals surface area (Å²) in [7, 11) is -3.66. The van der Waals surface area contributed by atoms with Crippen LogP contribution in [-0.2, 0) is 19.6 Å². The van der Waals surface area contributed by atoms with Crippen molar-refractivity contribution >= 4 is 33.7 Å². The molecule has 9 nitrogen and oxygen atoms in total. The minimum atomic E-state index is -3.66. The molecule has 1 unspecified atom stereocenters. The number of rotatable bonds is 4. The molecule has 1 aromatic heterocycles. The van der Waals surface area contributed by atoms with Crippen molar-refractivity contribution in [3.63, 3.8) is 0 Å². The Morgan fingerprint density at radius 3 is 2.68 bits per heavy atom. The minimum absolute atomic E-state index is 0.0166. The molecule has 0 spiro atoms. The highest BCUT2D eigenvalue weighted by Gasteiger charge is 2.35. The number of thioether (sulfide) groups is 1. The van der Waals surface area contributed by atoms with Gasteiger partial charge in [-0.25, -0.2) is 13.2 Å². The van der Waals surface area contributed by atoms with Crippen molar-refractivity contribution in [2.24, 2.45) is 0 Å². The minimum Gasteiger partial charge on any atom is -0.480 e. The number of aromatic nitrogens is 1. The van der Waals surface area contributed by atoms with Crippen molar-refractivity contribution in [2.75, 3.05) is 44.4 Å². The molecule has 11 heteroatoms. The normalized spacial score (nSPS) is 22.7. The number of carboxylic acid groups (broad SMARTS) is 1. The first-order valence-electron chi connectivity index (χ1n) is 7.79. The van der Waals surface area contributed by atoms with E-state index >= 15 is 0 Å². The number of aliphatic carboxylic acids is 1. The quantitative estimate of drug-likeness (QED) is 0.724. The Hall–Kier alpha value is -1.56. The van der Waals surface area contributed by atoms with Crippen molar-refractivity contribution in [1.29, 1.82) is 0 Å². The second-order valence-electron chi connectivity index (χ2n) is 5.69. The monoisotopic (exact) mass is 389 g/mol. The van der Waals surface area contributed by atoms with Gasteiger partial charge in [0.05, 0.1) is 13.2 Å². The molecule has 2 fully saturated rings. The van der Waals surface area contributed by atoms with Crippen LogP contribution in [0.15, 0.2) is 17.2 Å². The summed E-state index contributed by atoms with van der Waals surface area (Å²) < 4.78 is 31.8. The molecule has 2 aliphatic heterocycles. The van der Waals surface area contributed by atoms with E-state index < -0.39 is 27.9 Å². The average Bonchev–Trinajstić information content (AvgIpc) is 3.13. The molecule has 1 amide bonds. The van der Waals surface area contributed by atoms with Gasteiger partial charge < -0.3 is 19.7 Å². The fourth-order valence-electron chi connectivity index (χ4n) is 2.79. The number of carbonyl (C=O) groups excluding carboxylic acids is 1. The van der Waals surface area contributed by atoms with Crippen LogP contribution in [0.4, 0.5) is 0 Å². The number of ether oxygens (including phenoxy) is 1. The van der Waals surface area contributed by atoms with Gasteiger partial charge in [-0.05, 0) is 6.07 Å². The van der Waals surface area contributed by atoms with Gasteiger partial charge >= 0.3 is 5.97 Å². The van der Waals surface area contributed by atoms with E-state index in [1.165, 1.54) is 21.5 Å². The molecule has 3 rings (SSSR count). The lowest BCUT2D eigenvalue weighted by molar-refractivity contribution is -0.147. The molecule has 0 aliphatic carbocycles. The van der Waals surface area contributed by atoms with Crippen LogP contribution < -0.4 is 0 Å². The first-order valence-corrected chi connectivity index (χ1v) is 10.4. The second kappa shape index (κ2) is 7.36. The number of carbonyl (C=O) groups is 2. The smallest absolute Gasteiger partial charge is 0.328 e. The van der Waals surface area contributed by atoms with Crippen molar-refractivity contribution in [3.05, 3.63) is 18.0 Å². The van der Waals surface area contributed by atoms with E-state index in [1.807, 2.05) is 0 Å². The van der Waals surface area contributed by atoms with Gasteiger partial charge in [0, 0.05) is 37.3 Å². The van der Waals surface area contributed by atoms with Gasteiger partial charge in [0.1, 0.15) is 10.6 Å². The lowest BCUT2D eigenvalue weighted by Crippen LogP contribution is -2.52. The summed E-state index contributed by atoms with van der Waals surface area (Å²) in [6, 6.07) is 0.192. The van der Waals surface area contributed by atoms with E-state index in [1.54, 1.807) is 11.8 Å². The number of H-pyrrole nitrogens is 1. The molecule has 25 heavy (non-hydrogen) atoms. The molecule has 138 valence electrons. The molecule has 0 saturated carbocycles. The van der Waals surface area contributed by atoms with E-state index in [9.17, 15) is 23.1 Å². The van der Waals surface area contributed by atoms with Crippen LogP contribution in [0.25, 0.3) is 0 Å². The Kier molecular flexibility index (Phi) is 5.37. The third kappa shape index (κ3) is 3.68. The fourth-order valence-corrected chi connectivity index (χ4v) is 5.36. The summed E-state index contributed by atoms with van der Waals surface area (Å²) in [6.45, 7) is 1.17. The van der Waals surface area contributed by atoms with Crippen LogP contribution in [0.5, 0.6) is 0 Å². The van der Waals surface area contributed by atoms with E-state index in [-0.39, 0.29) is 30.3 Å². The Bertz CT molecular complexity index is 756.